The van der Waals surface area contributed by atoms with Crippen LogP contribution in [0.1, 0.15) is 24.2 Å². The molecule has 3 N–H and O–H groups in total. The molecule has 0 unspecified atom stereocenters. The molecule has 5 aromatic rings. The summed E-state index contributed by atoms with van der Waals surface area (Å²) in [4.78, 5) is 37.8. The Balaban J connectivity index is 1.79. The van der Waals surface area contributed by atoms with Gasteiger partial charge >= 0.3 is 0 Å². The van der Waals surface area contributed by atoms with Crippen LogP contribution < -0.4 is 16.3 Å². The second-order valence-corrected chi connectivity index (χ2v) is 8.22. The first-order chi connectivity index (χ1) is 17.0. The number of rotatable bonds is 5. The number of aromatic amines is 1. The maximum atomic E-state index is 13.9. The van der Waals surface area contributed by atoms with Gasteiger partial charge in [-0.1, -0.05) is 53.2 Å². The van der Waals surface area contributed by atoms with Gasteiger partial charge in [0.2, 0.25) is 0 Å². The van der Waals surface area contributed by atoms with E-state index in [0.717, 1.165) is 0 Å². The highest BCUT2D eigenvalue weighted by atomic mass is 35.5. The van der Waals surface area contributed by atoms with Gasteiger partial charge < -0.3 is 15.5 Å². The van der Waals surface area contributed by atoms with Gasteiger partial charge in [-0.05, 0) is 19.1 Å². The molecule has 0 saturated heterocycles. The Bertz CT molecular complexity index is 1710. The zero-order chi connectivity index (χ0) is 24.5. The molecule has 5 rings (SSSR count). The van der Waals surface area contributed by atoms with Crippen LogP contribution in [0, 0.1) is 0 Å². The maximum Gasteiger partial charge on any atom is 0.264 e. The normalized spacial score (nSPS) is 12.4. The van der Waals surface area contributed by atoms with Crippen LogP contribution in [0.3, 0.4) is 0 Å². The lowest BCUT2D eigenvalue weighted by Crippen LogP contribution is -2.27. The number of fused-ring (bicyclic) bond motifs is 2. The standard InChI is InChI=1S/C25H19ClN6O3/c1-14(31-24-20-18(33)10-11-27-23(20)28-13-29-24)22-21(26)17-9-5-6-15(12-30-35)19(17)25(34)32(22)16-7-3-2-4-8-16/h2-14,35H,1H3,(H2,27,28,29,31,33)/b30-12-/t14-/m0/s1. The fraction of sp³-hybridized carbons (Fsp3) is 0.0800. The molecular formula is C25H19ClN6O3. The number of nitrogens with one attached hydrogen (secondary N) is 2. The first-order valence-corrected chi connectivity index (χ1v) is 11.1. The van der Waals surface area contributed by atoms with Crippen LogP contribution in [0.25, 0.3) is 27.5 Å². The summed E-state index contributed by atoms with van der Waals surface area (Å²) in [6, 6.07) is 15.1. The van der Waals surface area contributed by atoms with E-state index in [-0.39, 0.29) is 11.0 Å². The highest BCUT2D eigenvalue weighted by Crippen LogP contribution is 2.33. The number of benzene rings is 2. The van der Waals surface area contributed by atoms with Gasteiger partial charge in [0.15, 0.2) is 5.43 Å². The molecule has 174 valence electrons. The molecule has 0 aliphatic carbocycles. The number of anilines is 1. The Hall–Kier alpha value is -4.50. The van der Waals surface area contributed by atoms with Crippen molar-refractivity contribution < 1.29 is 5.21 Å². The Kier molecular flexibility index (Phi) is 5.76. The van der Waals surface area contributed by atoms with Gasteiger partial charge in [0.1, 0.15) is 23.2 Å². The quantitative estimate of drug-likeness (QED) is 0.194. The monoisotopic (exact) mass is 486 g/mol. The molecule has 2 aromatic carbocycles. The molecule has 3 heterocycles. The molecule has 1 atom stereocenters. The minimum atomic E-state index is -0.548. The molecule has 0 aliphatic heterocycles. The van der Waals surface area contributed by atoms with E-state index in [1.807, 2.05) is 25.1 Å². The molecule has 3 aromatic heterocycles. The SMILES string of the molecule is C[C@H](Nc1ncnc2[nH]ccc(=O)c12)c1c(Cl)c2cccc(/C=N\O)c2c(=O)n1-c1ccccc1. The van der Waals surface area contributed by atoms with E-state index >= 15 is 0 Å². The van der Waals surface area contributed by atoms with E-state index in [4.69, 9.17) is 16.8 Å². The number of pyridine rings is 2. The van der Waals surface area contributed by atoms with E-state index in [1.54, 1.807) is 30.3 Å². The third-order valence-electron chi connectivity index (χ3n) is 5.74. The maximum absolute atomic E-state index is 13.9. The number of H-pyrrole nitrogens is 1. The lowest BCUT2D eigenvalue weighted by Gasteiger charge is -2.23. The summed E-state index contributed by atoms with van der Waals surface area (Å²) in [6.45, 7) is 1.83. The largest absolute Gasteiger partial charge is 0.411 e. The minimum Gasteiger partial charge on any atom is -0.411 e. The van der Waals surface area contributed by atoms with Crippen LogP contribution >= 0.6 is 11.6 Å². The van der Waals surface area contributed by atoms with Crippen LogP contribution in [0.2, 0.25) is 5.02 Å². The molecule has 35 heavy (non-hydrogen) atoms. The molecule has 9 nitrogen and oxygen atoms in total. The van der Waals surface area contributed by atoms with E-state index in [2.05, 4.69) is 25.4 Å². The molecule has 10 heteroatoms. The van der Waals surface area contributed by atoms with Crippen molar-refractivity contribution in [2.24, 2.45) is 5.16 Å². The predicted octanol–water partition coefficient (Wildman–Crippen LogP) is 4.26. The molecule has 0 saturated carbocycles. The molecule has 0 amide bonds. The number of para-hydroxylation sites is 1. The molecular weight excluding hydrogens is 468 g/mol. The van der Waals surface area contributed by atoms with Crippen molar-refractivity contribution in [2.45, 2.75) is 13.0 Å². The predicted molar refractivity (Wildman–Crippen MR) is 136 cm³/mol. The van der Waals surface area contributed by atoms with Crippen molar-refractivity contribution in [3.63, 3.8) is 0 Å². The Labute approximate surface area is 203 Å². The van der Waals surface area contributed by atoms with E-state index < -0.39 is 6.04 Å². The Morgan fingerprint density at radius 2 is 1.89 bits per heavy atom. The highest BCUT2D eigenvalue weighted by Gasteiger charge is 2.23. The van der Waals surface area contributed by atoms with Crippen LogP contribution in [0.5, 0.6) is 0 Å². The Morgan fingerprint density at radius 3 is 2.66 bits per heavy atom. The number of oxime groups is 1. The van der Waals surface area contributed by atoms with Gasteiger partial charge in [-0.2, -0.15) is 0 Å². The molecule has 0 radical (unpaired) electrons. The van der Waals surface area contributed by atoms with Crippen molar-refractivity contribution in [1.82, 2.24) is 19.5 Å². The van der Waals surface area contributed by atoms with E-state index in [1.165, 1.54) is 29.4 Å². The van der Waals surface area contributed by atoms with Crippen molar-refractivity contribution >= 4 is 45.4 Å². The van der Waals surface area contributed by atoms with Crippen molar-refractivity contribution in [1.29, 1.82) is 0 Å². The summed E-state index contributed by atoms with van der Waals surface area (Å²) in [7, 11) is 0. The lowest BCUT2D eigenvalue weighted by molar-refractivity contribution is 0.322. The van der Waals surface area contributed by atoms with Crippen molar-refractivity contribution in [2.75, 3.05) is 5.32 Å². The molecule has 0 fully saturated rings. The van der Waals surface area contributed by atoms with Gasteiger partial charge in [0, 0.05) is 28.9 Å². The second-order valence-electron chi connectivity index (χ2n) is 7.84. The first kappa shape index (κ1) is 22.3. The minimum absolute atomic E-state index is 0.243. The van der Waals surface area contributed by atoms with Crippen molar-refractivity contribution in [3.05, 3.63) is 104 Å². The zero-order valence-electron chi connectivity index (χ0n) is 18.4. The number of aromatic nitrogens is 4. The number of nitrogens with zero attached hydrogens (tertiary/aromatic N) is 4. The third-order valence-corrected chi connectivity index (χ3v) is 6.14. The number of halogens is 1. The van der Waals surface area contributed by atoms with Crippen LogP contribution in [0.4, 0.5) is 5.82 Å². The zero-order valence-corrected chi connectivity index (χ0v) is 19.2. The summed E-state index contributed by atoms with van der Waals surface area (Å²) in [5.41, 5.74) is 1.33. The van der Waals surface area contributed by atoms with Gasteiger partial charge in [0.25, 0.3) is 5.56 Å². The van der Waals surface area contributed by atoms with Gasteiger partial charge in [-0.3, -0.25) is 14.2 Å². The topological polar surface area (TPSA) is 125 Å². The van der Waals surface area contributed by atoms with Gasteiger partial charge in [-0.15, -0.1) is 0 Å². The average Bonchev–Trinajstić information content (AvgIpc) is 2.87. The smallest absolute Gasteiger partial charge is 0.264 e. The lowest BCUT2D eigenvalue weighted by atomic mass is 10.0. The second kappa shape index (κ2) is 9.03. The van der Waals surface area contributed by atoms with Gasteiger partial charge in [-0.25, -0.2) is 9.97 Å². The molecule has 0 aliphatic rings. The van der Waals surface area contributed by atoms with Crippen LogP contribution in [-0.2, 0) is 0 Å². The average molecular weight is 487 g/mol. The first-order valence-electron chi connectivity index (χ1n) is 10.7. The number of hydrogen-bond acceptors (Lipinski definition) is 7. The summed E-state index contributed by atoms with van der Waals surface area (Å²) in [5, 5.41) is 16.9. The summed E-state index contributed by atoms with van der Waals surface area (Å²) in [5.74, 6) is 0.314. The highest BCUT2D eigenvalue weighted by molar-refractivity contribution is 6.36. The molecule has 0 bridgehead atoms. The van der Waals surface area contributed by atoms with Gasteiger partial charge in [0.05, 0.1) is 28.4 Å². The van der Waals surface area contributed by atoms with Crippen LogP contribution in [-0.4, -0.2) is 30.9 Å². The summed E-state index contributed by atoms with van der Waals surface area (Å²) in [6.07, 6.45) is 4.07. The fourth-order valence-electron chi connectivity index (χ4n) is 4.23. The number of hydrogen-bond donors (Lipinski definition) is 3. The van der Waals surface area contributed by atoms with E-state index in [0.29, 0.717) is 49.6 Å². The molecule has 0 spiro atoms. The van der Waals surface area contributed by atoms with E-state index in [9.17, 15) is 9.59 Å². The summed E-state index contributed by atoms with van der Waals surface area (Å²) < 4.78 is 1.52. The Morgan fingerprint density at radius 1 is 1.09 bits per heavy atom. The summed E-state index contributed by atoms with van der Waals surface area (Å²) >= 11 is 6.94. The van der Waals surface area contributed by atoms with Crippen molar-refractivity contribution in [3.8, 4) is 5.69 Å². The third kappa shape index (κ3) is 3.81. The van der Waals surface area contributed by atoms with Crippen LogP contribution in [0.15, 0.2) is 81.9 Å². The fourth-order valence-corrected chi connectivity index (χ4v) is 4.63.